The number of nitrogens with one attached hydrogen (secondary N) is 1. The highest BCUT2D eigenvalue weighted by molar-refractivity contribution is 5.94. The Morgan fingerprint density at radius 3 is 2.66 bits per heavy atom. The van der Waals surface area contributed by atoms with Crippen LogP contribution in [0.3, 0.4) is 0 Å². The number of H-pyrrole nitrogens is 1. The van der Waals surface area contributed by atoms with Gasteiger partial charge in [-0.15, -0.1) is 0 Å². The topological polar surface area (TPSA) is 65.4 Å². The quantitative estimate of drug-likeness (QED) is 0.436. The first-order valence-electron chi connectivity index (χ1n) is 12.8. The van der Waals surface area contributed by atoms with Crippen molar-refractivity contribution < 1.29 is 4.39 Å². The number of nitrogens with zero attached hydrogens (tertiary/aromatic N) is 6. The summed E-state index contributed by atoms with van der Waals surface area (Å²) in [6.45, 7) is 14.5. The predicted octanol–water partition coefficient (Wildman–Crippen LogP) is 5.07. The van der Waals surface area contributed by atoms with Gasteiger partial charge in [0.05, 0.1) is 17.4 Å². The molecule has 0 aromatic carbocycles. The second-order valence-electron chi connectivity index (χ2n) is 10.8. The molecule has 8 heteroatoms. The number of halogens is 1. The lowest BCUT2D eigenvalue weighted by molar-refractivity contribution is 0.219. The van der Waals surface area contributed by atoms with Gasteiger partial charge in [0.1, 0.15) is 6.33 Å². The van der Waals surface area contributed by atoms with Crippen LogP contribution in [0.1, 0.15) is 56.2 Å². The summed E-state index contributed by atoms with van der Waals surface area (Å²) in [6.07, 6.45) is 8.09. The minimum Gasteiger partial charge on any atom is -0.353 e. The predicted molar refractivity (Wildman–Crippen MR) is 138 cm³/mol. The highest BCUT2D eigenvalue weighted by Crippen LogP contribution is 2.40. The van der Waals surface area contributed by atoms with E-state index in [2.05, 4.69) is 64.5 Å². The molecule has 1 aliphatic heterocycles. The molecule has 2 aliphatic rings. The molecular weight excluding hydrogens is 441 g/mol. The van der Waals surface area contributed by atoms with Gasteiger partial charge in [0.25, 0.3) is 0 Å². The number of anilines is 1. The van der Waals surface area contributed by atoms with Crippen molar-refractivity contribution in [1.82, 2.24) is 29.5 Å². The van der Waals surface area contributed by atoms with Crippen LogP contribution in [-0.4, -0.2) is 61.7 Å². The molecule has 1 atom stereocenters. The zero-order valence-electron chi connectivity index (χ0n) is 21.3. The molecule has 0 bridgehead atoms. The van der Waals surface area contributed by atoms with Crippen LogP contribution < -0.4 is 4.90 Å². The van der Waals surface area contributed by atoms with Crippen LogP contribution in [0.5, 0.6) is 0 Å². The van der Waals surface area contributed by atoms with E-state index in [0.717, 1.165) is 64.7 Å². The molecular formula is C27H34FN7. The first-order chi connectivity index (χ1) is 16.8. The Hall–Kier alpha value is -3.00. The van der Waals surface area contributed by atoms with Gasteiger partial charge in [-0.1, -0.05) is 13.8 Å². The van der Waals surface area contributed by atoms with E-state index in [9.17, 15) is 0 Å². The van der Waals surface area contributed by atoms with Gasteiger partial charge in [-0.25, -0.2) is 18.9 Å². The molecule has 6 rings (SSSR count). The molecule has 1 unspecified atom stereocenters. The fourth-order valence-electron chi connectivity index (χ4n) is 5.79. The third-order valence-electron chi connectivity index (χ3n) is 7.97. The Morgan fingerprint density at radius 2 is 1.94 bits per heavy atom. The molecule has 35 heavy (non-hydrogen) atoms. The maximum Gasteiger partial charge on any atom is 0.175 e. The smallest absolute Gasteiger partial charge is 0.175 e. The molecule has 184 valence electrons. The molecule has 1 saturated carbocycles. The van der Waals surface area contributed by atoms with Crippen molar-refractivity contribution in [3.05, 3.63) is 41.2 Å². The molecule has 0 spiro atoms. The minimum absolute atomic E-state index is 0.127. The standard InChI is InChI=1S/C27H34FN7/c1-15(2)22-23-21(32-25(22)20-13-35-26(30-14-31-35)18(5)17(20)4)10-29-27(24(23)28)34-9-8-33(11-16(34)3)12-19-6-7-19/h10,13-16,19,32H,6-9,11-12H2,1-5H3. The number of pyridine rings is 2. The van der Waals surface area contributed by atoms with E-state index in [1.165, 1.54) is 19.4 Å². The van der Waals surface area contributed by atoms with E-state index < -0.39 is 0 Å². The Balaban J connectivity index is 1.44. The third-order valence-corrected chi connectivity index (χ3v) is 7.97. The van der Waals surface area contributed by atoms with Crippen LogP contribution in [0, 0.1) is 25.6 Å². The number of piperazine rings is 1. The minimum atomic E-state index is -0.215. The fraction of sp³-hybridized carbons (Fsp3) is 0.519. The maximum atomic E-state index is 16.3. The molecule has 1 saturated heterocycles. The van der Waals surface area contributed by atoms with E-state index in [1.807, 2.05) is 12.4 Å². The van der Waals surface area contributed by atoms with Crippen LogP contribution in [0.25, 0.3) is 27.8 Å². The second kappa shape index (κ2) is 8.29. The molecule has 1 N–H and O–H groups in total. The number of hydrogen-bond acceptors (Lipinski definition) is 5. The molecule has 0 amide bonds. The van der Waals surface area contributed by atoms with E-state index >= 15 is 4.39 Å². The number of aryl methyl sites for hydroxylation is 1. The van der Waals surface area contributed by atoms with Gasteiger partial charge >= 0.3 is 0 Å². The summed E-state index contributed by atoms with van der Waals surface area (Å²) in [5, 5.41) is 5.01. The third kappa shape index (κ3) is 3.69. The highest BCUT2D eigenvalue weighted by Gasteiger charge is 2.32. The van der Waals surface area contributed by atoms with Gasteiger partial charge < -0.3 is 9.88 Å². The largest absolute Gasteiger partial charge is 0.353 e. The van der Waals surface area contributed by atoms with E-state index in [0.29, 0.717) is 11.2 Å². The fourth-order valence-corrected chi connectivity index (χ4v) is 5.79. The van der Waals surface area contributed by atoms with Crippen molar-refractivity contribution in [3.63, 3.8) is 0 Å². The van der Waals surface area contributed by atoms with Gasteiger partial charge in [-0.3, -0.25) is 4.90 Å². The Labute approximate surface area is 205 Å². The van der Waals surface area contributed by atoms with E-state index in [-0.39, 0.29) is 17.8 Å². The number of rotatable bonds is 5. The van der Waals surface area contributed by atoms with Crippen LogP contribution in [-0.2, 0) is 0 Å². The first kappa shape index (κ1) is 22.5. The normalized spacial score (nSPS) is 19.5. The summed E-state index contributed by atoms with van der Waals surface area (Å²) in [5.41, 5.74) is 6.72. The van der Waals surface area contributed by atoms with E-state index in [1.54, 1.807) is 10.8 Å². The molecule has 4 aromatic heterocycles. The molecule has 7 nitrogen and oxygen atoms in total. The maximum absolute atomic E-state index is 16.3. The average molecular weight is 476 g/mol. The van der Waals surface area contributed by atoms with Crippen molar-refractivity contribution in [2.45, 2.75) is 59.4 Å². The summed E-state index contributed by atoms with van der Waals surface area (Å²) in [6, 6.07) is 0.225. The molecule has 4 aromatic rings. The van der Waals surface area contributed by atoms with Crippen LogP contribution in [0.2, 0.25) is 0 Å². The van der Waals surface area contributed by atoms with Crippen molar-refractivity contribution in [3.8, 4) is 11.3 Å². The molecule has 2 fully saturated rings. The number of hydrogen-bond donors (Lipinski definition) is 1. The molecule has 5 heterocycles. The molecule has 0 radical (unpaired) electrons. The summed E-state index contributed by atoms with van der Waals surface area (Å²) in [5.74, 6) is 1.26. The number of fused-ring (bicyclic) bond motifs is 2. The van der Waals surface area contributed by atoms with Gasteiger partial charge in [0, 0.05) is 49.4 Å². The molecule has 1 aliphatic carbocycles. The zero-order valence-corrected chi connectivity index (χ0v) is 21.3. The van der Waals surface area contributed by atoms with Crippen molar-refractivity contribution in [1.29, 1.82) is 0 Å². The summed E-state index contributed by atoms with van der Waals surface area (Å²) in [7, 11) is 0. The van der Waals surface area contributed by atoms with Gasteiger partial charge in [-0.2, -0.15) is 5.10 Å². The summed E-state index contributed by atoms with van der Waals surface area (Å²) >= 11 is 0. The number of aromatic amines is 1. The van der Waals surface area contributed by atoms with Crippen LogP contribution >= 0.6 is 0 Å². The Morgan fingerprint density at radius 1 is 1.14 bits per heavy atom. The van der Waals surface area contributed by atoms with Crippen LogP contribution in [0.15, 0.2) is 18.7 Å². The second-order valence-corrected chi connectivity index (χ2v) is 10.8. The summed E-state index contributed by atoms with van der Waals surface area (Å²) < 4.78 is 18.1. The SMILES string of the molecule is Cc1c(-c2[nH]c3cnc(N4CCN(CC5CC5)CC4C)c(F)c3c2C(C)C)cn2ncnc2c1C. The lowest BCUT2D eigenvalue weighted by Crippen LogP contribution is -2.53. The van der Waals surface area contributed by atoms with Crippen molar-refractivity contribution >= 4 is 22.4 Å². The van der Waals surface area contributed by atoms with Crippen LogP contribution in [0.4, 0.5) is 10.2 Å². The Bertz CT molecular complexity index is 1410. The number of aromatic nitrogens is 5. The first-order valence-corrected chi connectivity index (χ1v) is 12.8. The highest BCUT2D eigenvalue weighted by atomic mass is 19.1. The van der Waals surface area contributed by atoms with Gasteiger partial charge in [-0.05, 0) is 62.1 Å². The van der Waals surface area contributed by atoms with Crippen molar-refractivity contribution in [2.24, 2.45) is 5.92 Å². The Kier molecular flexibility index (Phi) is 5.32. The monoisotopic (exact) mass is 475 g/mol. The summed E-state index contributed by atoms with van der Waals surface area (Å²) in [4.78, 5) is 17.2. The van der Waals surface area contributed by atoms with Gasteiger partial charge in [0.15, 0.2) is 17.3 Å². The van der Waals surface area contributed by atoms with Gasteiger partial charge in [0.2, 0.25) is 0 Å². The van der Waals surface area contributed by atoms with E-state index in [4.69, 9.17) is 0 Å². The lowest BCUT2D eigenvalue weighted by atomic mass is 9.94. The zero-order chi connectivity index (χ0) is 24.4. The average Bonchev–Trinajstić information content (AvgIpc) is 3.35. The van der Waals surface area contributed by atoms with Crippen molar-refractivity contribution in [2.75, 3.05) is 31.1 Å². The lowest BCUT2D eigenvalue weighted by Gasteiger charge is -2.40.